The zero-order chi connectivity index (χ0) is 21.6. The molecule has 1 heterocycles. The Balaban J connectivity index is 2.08. The normalized spacial score (nSPS) is 18.8. The number of alkyl carbamates (subject to hydrolysis) is 1. The van der Waals surface area contributed by atoms with E-state index in [0.717, 1.165) is 5.56 Å². The summed E-state index contributed by atoms with van der Waals surface area (Å²) in [6, 6.07) is 7.65. The van der Waals surface area contributed by atoms with E-state index in [1.54, 1.807) is 20.8 Å². The summed E-state index contributed by atoms with van der Waals surface area (Å²) in [7, 11) is 0. The number of carbonyl (C=O) groups excluding carboxylic acids is 2. The predicted molar refractivity (Wildman–Crippen MR) is 106 cm³/mol. The van der Waals surface area contributed by atoms with Crippen LogP contribution in [0.15, 0.2) is 30.3 Å². The van der Waals surface area contributed by atoms with Crippen LogP contribution in [0.1, 0.15) is 45.6 Å². The molecule has 2 rings (SSSR count). The molecular weight excluding hydrogens is 376 g/mol. The number of nitrogens with one attached hydrogen (secondary N) is 1. The maximum atomic E-state index is 12.6. The number of nitrogens with zero attached hydrogens (tertiary/aromatic N) is 1. The van der Waals surface area contributed by atoms with E-state index in [0.29, 0.717) is 25.8 Å². The number of likely N-dealkylation sites (tertiary alicyclic amines) is 1. The molecule has 1 aromatic rings. The van der Waals surface area contributed by atoms with Crippen LogP contribution in [0.5, 0.6) is 0 Å². The maximum Gasteiger partial charge on any atom is 0.407 e. The van der Waals surface area contributed by atoms with E-state index in [2.05, 4.69) is 5.32 Å². The molecule has 160 valence electrons. The van der Waals surface area contributed by atoms with Gasteiger partial charge in [0.25, 0.3) is 0 Å². The van der Waals surface area contributed by atoms with Crippen LogP contribution in [0.3, 0.4) is 0 Å². The highest BCUT2D eigenvalue weighted by Crippen LogP contribution is 2.20. The number of aliphatic hydroxyl groups excluding tert-OH is 1. The molecule has 1 aliphatic rings. The molecule has 0 aliphatic carbocycles. The van der Waals surface area contributed by atoms with Crippen molar-refractivity contribution in [1.82, 2.24) is 10.2 Å². The van der Waals surface area contributed by atoms with Crippen LogP contribution < -0.4 is 5.32 Å². The zero-order valence-corrected chi connectivity index (χ0v) is 17.1. The highest BCUT2D eigenvalue weighted by Gasteiger charge is 2.36. The molecule has 0 bridgehead atoms. The Morgan fingerprint density at radius 3 is 2.48 bits per heavy atom. The van der Waals surface area contributed by atoms with Crippen molar-refractivity contribution in [3.63, 3.8) is 0 Å². The molecule has 0 saturated carbocycles. The molecule has 0 aromatic heterocycles. The molecule has 3 atom stereocenters. The number of hydrogen-bond donors (Lipinski definition) is 3. The lowest BCUT2D eigenvalue weighted by atomic mass is 9.98. The topological polar surface area (TPSA) is 116 Å². The van der Waals surface area contributed by atoms with Crippen LogP contribution in [0.2, 0.25) is 0 Å². The summed E-state index contributed by atoms with van der Waals surface area (Å²) in [5.41, 5.74) is 0.177. The van der Waals surface area contributed by atoms with Crippen molar-refractivity contribution >= 4 is 18.0 Å². The Labute approximate surface area is 170 Å². The van der Waals surface area contributed by atoms with Gasteiger partial charge >= 0.3 is 12.1 Å². The fraction of sp³-hybridized carbons (Fsp3) is 0.571. The number of hydrogen-bond acceptors (Lipinski definition) is 5. The Bertz CT molecular complexity index is 716. The SMILES string of the molecule is CC(C)(C)OC(=O)N[C@@H](Cc1ccccc1)[C@@H](O)CC(=O)N1CCC[C@H]1C(=O)O. The molecule has 3 N–H and O–H groups in total. The molecule has 2 amide bonds. The standard InChI is InChI=1S/C21H30N2O6/c1-21(2,3)29-20(28)22-15(12-14-8-5-4-6-9-14)17(24)13-18(25)23-11-7-10-16(23)19(26)27/h4-6,8-9,15-17,24H,7,10-13H2,1-3H3,(H,22,28)(H,26,27)/t15-,16-,17-/m0/s1. The number of carboxylic acids is 1. The molecule has 1 aliphatic heterocycles. The van der Waals surface area contributed by atoms with Gasteiger partial charge in [-0.1, -0.05) is 30.3 Å². The first-order valence-corrected chi connectivity index (χ1v) is 9.80. The van der Waals surface area contributed by atoms with Gasteiger partial charge in [-0.2, -0.15) is 0 Å². The van der Waals surface area contributed by atoms with E-state index in [1.807, 2.05) is 30.3 Å². The summed E-state index contributed by atoms with van der Waals surface area (Å²) in [4.78, 5) is 37.4. The molecule has 8 nitrogen and oxygen atoms in total. The number of ether oxygens (including phenoxy) is 1. The van der Waals surface area contributed by atoms with Crippen molar-refractivity contribution in [2.24, 2.45) is 0 Å². The van der Waals surface area contributed by atoms with Gasteiger partial charge in [0.2, 0.25) is 5.91 Å². The number of amides is 2. The number of benzene rings is 1. The van der Waals surface area contributed by atoms with Gasteiger partial charge in [0.15, 0.2) is 0 Å². The highest BCUT2D eigenvalue weighted by molar-refractivity contribution is 5.84. The van der Waals surface area contributed by atoms with Crippen LogP contribution >= 0.6 is 0 Å². The fourth-order valence-corrected chi connectivity index (χ4v) is 3.37. The largest absolute Gasteiger partial charge is 0.480 e. The van der Waals surface area contributed by atoms with Crippen LogP contribution in [-0.2, 0) is 20.7 Å². The summed E-state index contributed by atoms with van der Waals surface area (Å²) in [5, 5.41) is 22.6. The fourth-order valence-electron chi connectivity index (χ4n) is 3.37. The molecule has 8 heteroatoms. The lowest BCUT2D eigenvalue weighted by molar-refractivity contribution is -0.149. The Morgan fingerprint density at radius 1 is 1.24 bits per heavy atom. The molecule has 0 unspecified atom stereocenters. The van der Waals surface area contributed by atoms with Crippen LogP contribution in [0, 0.1) is 0 Å². The van der Waals surface area contributed by atoms with Gasteiger partial charge in [0.05, 0.1) is 18.6 Å². The predicted octanol–water partition coefficient (Wildman–Crippen LogP) is 1.95. The Morgan fingerprint density at radius 2 is 1.90 bits per heavy atom. The molecule has 0 spiro atoms. The first kappa shape index (κ1) is 22.7. The third-order valence-electron chi connectivity index (χ3n) is 4.71. The lowest BCUT2D eigenvalue weighted by Gasteiger charge is -2.28. The summed E-state index contributed by atoms with van der Waals surface area (Å²) in [5.74, 6) is -1.48. The summed E-state index contributed by atoms with van der Waals surface area (Å²) < 4.78 is 5.28. The summed E-state index contributed by atoms with van der Waals surface area (Å²) in [6.07, 6.45) is -0.836. The van der Waals surface area contributed by atoms with Crippen molar-refractivity contribution in [1.29, 1.82) is 0 Å². The minimum Gasteiger partial charge on any atom is -0.480 e. The number of carboxylic acid groups (broad SMARTS) is 1. The van der Waals surface area contributed by atoms with Gasteiger partial charge in [0, 0.05) is 6.54 Å². The Hall–Kier alpha value is -2.61. The Kier molecular flexibility index (Phi) is 7.61. The average molecular weight is 406 g/mol. The van der Waals surface area contributed by atoms with E-state index < -0.39 is 41.8 Å². The number of carbonyl (C=O) groups is 3. The second kappa shape index (κ2) is 9.73. The smallest absolute Gasteiger partial charge is 0.407 e. The van der Waals surface area contributed by atoms with E-state index in [1.165, 1.54) is 4.90 Å². The highest BCUT2D eigenvalue weighted by atomic mass is 16.6. The number of aliphatic carboxylic acids is 1. The van der Waals surface area contributed by atoms with Crippen LogP contribution in [0.25, 0.3) is 0 Å². The van der Waals surface area contributed by atoms with Crippen LogP contribution in [-0.4, -0.2) is 63.4 Å². The molecule has 1 aromatic carbocycles. The number of rotatable bonds is 7. The molecule has 0 radical (unpaired) electrons. The van der Waals surface area contributed by atoms with Gasteiger partial charge in [0.1, 0.15) is 11.6 Å². The quantitative estimate of drug-likeness (QED) is 0.637. The maximum absolute atomic E-state index is 12.6. The second-order valence-corrected chi connectivity index (χ2v) is 8.30. The van der Waals surface area contributed by atoms with E-state index in [9.17, 15) is 24.6 Å². The first-order valence-electron chi connectivity index (χ1n) is 9.80. The average Bonchev–Trinajstić information content (AvgIpc) is 3.10. The van der Waals surface area contributed by atoms with Gasteiger partial charge in [-0.3, -0.25) is 4.79 Å². The van der Waals surface area contributed by atoms with Crippen molar-refractivity contribution in [2.45, 2.75) is 70.2 Å². The van der Waals surface area contributed by atoms with E-state index in [-0.39, 0.29) is 6.42 Å². The van der Waals surface area contributed by atoms with Crippen LogP contribution in [0.4, 0.5) is 4.79 Å². The minimum absolute atomic E-state index is 0.281. The van der Waals surface area contributed by atoms with E-state index >= 15 is 0 Å². The third kappa shape index (κ3) is 7.05. The van der Waals surface area contributed by atoms with Gasteiger partial charge < -0.3 is 25.2 Å². The molecule has 1 fully saturated rings. The summed E-state index contributed by atoms with van der Waals surface area (Å²) in [6.45, 7) is 5.56. The minimum atomic E-state index is -1.19. The van der Waals surface area contributed by atoms with Gasteiger partial charge in [-0.15, -0.1) is 0 Å². The van der Waals surface area contributed by atoms with Gasteiger partial charge in [-0.25, -0.2) is 9.59 Å². The lowest BCUT2D eigenvalue weighted by Crippen LogP contribution is -2.49. The second-order valence-electron chi connectivity index (χ2n) is 8.30. The van der Waals surface area contributed by atoms with E-state index in [4.69, 9.17) is 4.74 Å². The number of aliphatic hydroxyl groups is 1. The van der Waals surface area contributed by atoms with Crippen molar-refractivity contribution in [3.8, 4) is 0 Å². The zero-order valence-electron chi connectivity index (χ0n) is 17.1. The van der Waals surface area contributed by atoms with Crippen molar-refractivity contribution in [2.75, 3.05) is 6.54 Å². The van der Waals surface area contributed by atoms with Gasteiger partial charge in [-0.05, 0) is 45.6 Å². The molecule has 29 heavy (non-hydrogen) atoms. The first-order chi connectivity index (χ1) is 13.6. The summed E-state index contributed by atoms with van der Waals surface area (Å²) >= 11 is 0. The molecular formula is C21H30N2O6. The third-order valence-corrected chi connectivity index (χ3v) is 4.71. The monoisotopic (exact) mass is 406 g/mol. The molecule has 1 saturated heterocycles. The van der Waals surface area contributed by atoms with Crippen molar-refractivity contribution < 1.29 is 29.3 Å². The van der Waals surface area contributed by atoms with Crippen molar-refractivity contribution in [3.05, 3.63) is 35.9 Å².